The number of aliphatic hydroxyl groups excluding tert-OH is 1. The molecule has 5 atom stereocenters. The first kappa shape index (κ1) is 39.5. The van der Waals surface area contributed by atoms with Crippen LogP contribution in [0.2, 0.25) is 0 Å². The van der Waals surface area contributed by atoms with Crippen LogP contribution in [0.1, 0.15) is 38.7 Å². The zero-order valence-electron chi connectivity index (χ0n) is 25.3. The highest BCUT2D eigenvalue weighted by Gasteiger charge is 2.76. The van der Waals surface area contributed by atoms with E-state index in [9.17, 15) is 64.6 Å². The van der Waals surface area contributed by atoms with E-state index < -0.39 is 103 Å². The summed E-state index contributed by atoms with van der Waals surface area (Å²) in [6, 6.07) is -3.17. The Morgan fingerprint density at radius 1 is 0.938 bits per heavy atom. The van der Waals surface area contributed by atoms with Crippen molar-refractivity contribution in [3.63, 3.8) is 0 Å². The van der Waals surface area contributed by atoms with Crippen LogP contribution < -0.4 is 32.2 Å². The molecule has 0 aromatic heterocycles. The number of hydrogen-bond donors (Lipinski definition) is 6. The molecule has 6 amide bonds. The molecule has 21 heteroatoms. The summed E-state index contributed by atoms with van der Waals surface area (Å²) in [5.41, 5.74) is 10.3. The molecule has 14 nitrogen and oxygen atoms in total. The van der Waals surface area contributed by atoms with E-state index in [2.05, 4.69) is 20.7 Å². The number of aliphatic hydroxyl groups is 1. The van der Waals surface area contributed by atoms with Gasteiger partial charge in [0.1, 0.15) is 29.9 Å². The maximum absolute atomic E-state index is 14.0. The van der Waals surface area contributed by atoms with Crippen LogP contribution in [0.25, 0.3) is 0 Å². The lowest BCUT2D eigenvalue weighted by Gasteiger charge is -2.31. The van der Waals surface area contributed by atoms with E-state index >= 15 is 0 Å². The van der Waals surface area contributed by atoms with Crippen molar-refractivity contribution in [1.29, 1.82) is 0 Å². The quantitative estimate of drug-likeness (QED) is 0.140. The molecule has 0 bridgehead atoms. The van der Waals surface area contributed by atoms with Crippen LogP contribution in [0.15, 0.2) is 24.3 Å². The fraction of sp³-hybridized carbons (Fsp3) is 0.556. The van der Waals surface area contributed by atoms with Crippen LogP contribution in [0.5, 0.6) is 5.75 Å². The number of carbonyl (C=O) groups excluding carboxylic acids is 6. The maximum atomic E-state index is 14.0. The van der Waals surface area contributed by atoms with Gasteiger partial charge in [-0.3, -0.25) is 28.8 Å². The van der Waals surface area contributed by atoms with Gasteiger partial charge < -0.3 is 42.2 Å². The van der Waals surface area contributed by atoms with Crippen LogP contribution in [0.3, 0.4) is 0 Å². The van der Waals surface area contributed by atoms with E-state index in [1.807, 2.05) is 0 Å². The zero-order valence-corrected chi connectivity index (χ0v) is 25.3. The standard InChI is InChI=1S/C27H33F7N6O8/c1-12(41)20(37-13(2)42)23(46)39-17(10-14-5-7-15(8-6-14)48-25(28,26(29,30)31)27(32,33)34)24(47)40-9-3-4-18(40)22(45)38-16(21(36)44)11-19(35)43/h5-8,12,16-18,20,41H,3-4,9-11H2,1-2H3,(H2,35,43)(H2,36,44)(H,37,42)(H,38,45)(H,39,46)/t12-,16+,17+,18+,20+/m1/s1. The smallest absolute Gasteiger partial charge is 0.444 e. The summed E-state index contributed by atoms with van der Waals surface area (Å²) in [5, 5.41) is 16.7. The van der Waals surface area contributed by atoms with Gasteiger partial charge in [-0.2, -0.15) is 30.7 Å². The van der Waals surface area contributed by atoms with Crippen LogP contribution >= 0.6 is 0 Å². The Morgan fingerprint density at radius 2 is 1.50 bits per heavy atom. The van der Waals surface area contributed by atoms with Gasteiger partial charge in [0.05, 0.1) is 12.5 Å². The minimum atomic E-state index is -6.50. The number of nitrogens with two attached hydrogens (primary N) is 2. The second kappa shape index (κ2) is 15.5. The third kappa shape index (κ3) is 9.91. The number of hydrogen-bond acceptors (Lipinski definition) is 8. The number of primary amides is 2. The first-order valence-electron chi connectivity index (χ1n) is 14.0. The van der Waals surface area contributed by atoms with Gasteiger partial charge in [-0.1, -0.05) is 12.1 Å². The number of nitrogens with zero attached hydrogens (tertiary/aromatic N) is 1. The summed E-state index contributed by atoms with van der Waals surface area (Å²) in [6.07, 6.45) is -15.4. The van der Waals surface area contributed by atoms with Gasteiger partial charge in [-0.15, -0.1) is 0 Å². The van der Waals surface area contributed by atoms with Crippen molar-refractivity contribution < 1.29 is 69.3 Å². The molecule has 1 heterocycles. The van der Waals surface area contributed by atoms with Crippen molar-refractivity contribution in [3.8, 4) is 5.75 Å². The summed E-state index contributed by atoms with van der Waals surface area (Å²) in [7, 11) is 0. The molecular weight excluding hydrogens is 669 g/mol. The maximum Gasteiger partial charge on any atom is 0.470 e. The lowest BCUT2D eigenvalue weighted by atomic mass is 10.0. The Hall–Kier alpha value is -4.69. The first-order valence-corrected chi connectivity index (χ1v) is 14.0. The minimum absolute atomic E-state index is 0.0203. The highest BCUT2D eigenvalue weighted by molar-refractivity contribution is 5.96. The molecule has 1 aromatic rings. The van der Waals surface area contributed by atoms with E-state index in [4.69, 9.17) is 11.5 Å². The Labute approximate surface area is 267 Å². The van der Waals surface area contributed by atoms with Crippen LogP contribution in [0, 0.1) is 0 Å². The number of alkyl halides is 7. The number of rotatable bonds is 14. The average molecular weight is 703 g/mol. The Kier molecular flexibility index (Phi) is 12.7. The summed E-state index contributed by atoms with van der Waals surface area (Å²) in [5.74, 6) is -13.0. The van der Waals surface area contributed by atoms with Gasteiger partial charge in [0.15, 0.2) is 0 Å². The predicted molar refractivity (Wildman–Crippen MR) is 148 cm³/mol. The van der Waals surface area contributed by atoms with Gasteiger partial charge in [-0.05, 0) is 37.5 Å². The molecule has 0 saturated carbocycles. The third-order valence-corrected chi connectivity index (χ3v) is 6.99. The van der Waals surface area contributed by atoms with E-state index in [0.29, 0.717) is 12.1 Å². The molecule has 1 saturated heterocycles. The van der Waals surface area contributed by atoms with Crippen molar-refractivity contribution in [3.05, 3.63) is 29.8 Å². The third-order valence-electron chi connectivity index (χ3n) is 6.99. The highest BCUT2D eigenvalue weighted by Crippen LogP contribution is 2.47. The number of carbonyl (C=O) groups is 6. The second-order valence-electron chi connectivity index (χ2n) is 10.8. The van der Waals surface area contributed by atoms with Crippen molar-refractivity contribution in [2.24, 2.45) is 11.5 Å². The van der Waals surface area contributed by atoms with Crippen molar-refractivity contribution in [2.75, 3.05) is 6.54 Å². The zero-order chi connectivity index (χ0) is 36.8. The van der Waals surface area contributed by atoms with Gasteiger partial charge in [0, 0.05) is 19.9 Å². The largest absolute Gasteiger partial charge is 0.470 e. The molecule has 268 valence electrons. The molecule has 0 spiro atoms. The molecule has 48 heavy (non-hydrogen) atoms. The number of benzene rings is 1. The molecule has 0 unspecified atom stereocenters. The number of ether oxygens (including phenoxy) is 1. The average Bonchev–Trinajstić information content (AvgIpc) is 3.44. The number of amides is 6. The molecule has 1 aliphatic rings. The highest BCUT2D eigenvalue weighted by atomic mass is 19.4. The predicted octanol–water partition coefficient (Wildman–Crippen LogP) is -0.395. The first-order chi connectivity index (χ1) is 22.0. The lowest BCUT2D eigenvalue weighted by Crippen LogP contribution is -2.59. The van der Waals surface area contributed by atoms with Crippen molar-refractivity contribution >= 4 is 35.4 Å². The summed E-state index contributed by atoms with van der Waals surface area (Å²) in [4.78, 5) is 75.5. The normalized spacial score (nSPS) is 17.8. The minimum Gasteiger partial charge on any atom is -0.444 e. The van der Waals surface area contributed by atoms with Crippen molar-refractivity contribution in [2.45, 2.75) is 88.0 Å². The van der Waals surface area contributed by atoms with Crippen LogP contribution in [-0.2, 0) is 35.2 Å². The molecule has 0 aliphatic carbocycles. The van der Waals surface area contributed by atoms with Crippen LogP contribution in [0.4, 0.5) is 30.7 Å². The molecular formula is C27H33F7N6O8. The second-order valence-corrected chi connectivity index (χ2v) is 10.8. The topological polar surface area (TPSA) is 223 Å². The molecule has 1 fully saturated rings. The fourth-order valence-electron chi connectivity index (χ4n) is 4.65. The Morgan fingerprint density at radius 3 is 1.96 bits per heavy atom. The van der Waals surface area contributed by atoms with E-state index in [1.165, 1.54) is 0 Å². The van der Waals surface area contributed by atoms with Gasteiger partial charge in [0.25, 0.3) is 0 Å². The summed E-state index contributed by atoms with van der Waals surface area (Å²) >= 11 is 0. The summed E-state index contributed by atoms with van der Waals surface area (Å²) in [6.45, 7) is 2.10. The Bertz CT molecular complexity index is 1360. The number of likely N-dealkylation sites (tertiary alicyclic amines) is 1. The SMILES string of the molecule is CC(=O)N[C@H](C(=O)N[C@@H](Cc1ccc(OC(F)(C(F)(F)F)C(F)(F)F)cc1)C(=O)N1CCC[C@H]1C(=O)N[C@@H](CC(N)=O)C(N)=O)[C@@H](C)O. The van der Waals surface area contributed by atoms with Gasteiger partial charge >= 0.3 is 18.2 Å². The van der Waals surface area contributed by atoms with Crippen LogP contribution in [-0.4, -0.2) is 100 Å². The van der Waals surface area contributed by atoms with E-state index in [-0.39, 0.29) is 24.9 Å². The van der Waals surface area contributed by atoms with Crippen molar-refractivity contribution in [1.82, 2.24) is 20.9 Å². The van der Waals surface area contributed by atoms with E-state index in [1.54, 1.807) is 0 Å². The molecule has 1 aromatic carbocycles. The lowest BCUT2D eigenvalue weighted by molar-refractivity contribution is -0.405. The van der Waals surface area contributed by atoms with Gasteiger partial charge in [-0.25, -0.2) is 0 Å². The number of nitrogens with one attached hydrogen (secondary N) is 3. The molecule has 0 radical (unpaired) electrons. The molecule has 1 aliphatic heterocycles. The number of halogens is 7. The Balaban J connectivity index is 2.42. The fourth-order valence-corrected chi connectivity index (χ4v) is 4.65. The monoisotopic (exact) mass is 702 g/mol. The molecule has 8 N–H and O–H groups in total. The van der Waals surface area contributed by atoms with E-state index in [0.717, 1.165) is 30.9 Å². The van der Waals surface area contributed by atoms with Gasteiger partial charge in [0.2, 0.25) is 35.4 Å². The molecule has 2 rings (SSSR count). The summed E-state index contributed by atoms with van der Waals surface area (Å²) < 4.78 is 95.3.